The summed E-state index contributed by atoms with van der Waals surface area (Å²) in [5.41, 5.74) is 0.379. The van der Waals surface area contributed by atoms with E-state index >= 15 is 0 Å². The number of benzene rings is 1. The first-order valence-corrected chi connectivity index (χ1v) is 11.3. The lowest BCUT2D eigenvalue weighted by Gasteiger charge is -2.25. The van der Waals surface area contributed by atoms with E-state index in [4.69, 9.17) is 18.9 Å². The molecule has 1 fully saturated rings. The van der Waals surface area contributed by atoms with Crippen LogP contribution in [0.3, 0.4) is 0 Å². The fourth-order valence-corrected chi connectivity index (χ4v) is 3.45. The number of carbonyl (C=O) groups excluding carboxylic acids is 4. The van der Waals surface area contributed by atoms with E-state index in [2.05, 4.69) is 0 Å². The summed E-state index contributed by atoms with van der Waals surface area (Å²) >= 11 is 0. The fraction of sp³-hybridized carbons (Fsp3) is 0.583. The molecule has 1 aliphatic carbocycles. The van der Waals surface area contributed by atoms with Crippen LogP contribution in [0, 0.1) is 11.8 Å². The van der Waals surface area contributed by atoms with Crippen molar-refractivity contribution in [3.8, 4) is 0 Å². The normalized spacial score (nSPS) is 19.4. The number of aliphatic hydroxyl groups is 2. The van der Waals surface area contributed by atoms with Gasteiger partial charge in [0.2, 0.25) is 0 Å². The lowest BCUT2D eigenvalue weighted by molar-refractivity contribution is -0.156. The molecule has 2 unspecified atom stereocenters. The van der Waals surface area contributed by atoms with E-state index in [1.165, 1.54) is 31.4 Å². The van der Waals surface area contributed by atoms with Crippen molar-refractivity contribution in [2.75, 3.05) is 26.9 Å². The SMILES string of the molecule is CCC(O)COC(=O)c1ccc(C(=O)OCC(O)COC(=O)C2CCC(C(=O)OC)CC2)cc1. The minimum Gasteiger partial charge on any atom is -0.469 e. The summed E-state index contributed by atoms with van der Waals surface area (Å²) in [6.07, 6.45) is 0.636. The topological polar surface area (TPSA) is 146 Å². The Morgan fingerprint density at radius 2 is 1.18 bits per heavy atom. The van der Waals surface area contributed by atoms with Crippen LogP contribution in [0.5, 0.6) is 0 Å². The molecule has 188 valence electrons. The second-order valence-electron chi connectivity index (χ2n) is 8.19. The summed E-state index contributed by atoms with van der Waals surface area (Å²) in [7, 11) is 1.34. The Morgan fingerprint density at radius 3 is 1.62 bits per heavy atom. The monoisotopic (exact) mass is 480 g/mol. The predicted octanol–water partition coefficient (Wildman–Crippen LogP) is 1.65. The molecule has 1 aromatic rings. The molecule has 2 N–H and O–H groups in total. The molecule has 10 heteroatoms. The molecule has 2 atom stereocenters. The molecule has 0 bridgehead atoms. The number of carbonyl (C=O) groups is 4. The molecule has 0 spiro atoms. The zero-order valence-corrected chi connectivity index (χ0v) is 19.4. The van der Waals surface area contributed by atoms with Crippen molar-refractivity contribution in [3.63, 3.8) is 0 Å². The molecule has 0 aromatic heterocycles. The summed E-state index contributed by atoms with van der Waals surface area (Å²) in [6.45, 7) is 0.951. The van der Waals surface area contributed by atoms with Crippen LogP contribution in [0.25, 0.3) is 0 Å². The second-order valence-corrected chi connectivity index (χ2v) is 8.19. The molecule has 0 amide bonds. The lowest BCUT2D eigenvalue weighted by Crippen LogP contribution is -2.31. The first-order valence-electron chi connectivity index (χ1n) is 11.3. The van der Waals surface area contributed by atoms with Gasteiger partial charge in [0, 0.05) is 0 Å². The highest BCUT2D eigenvalue weighted by molar-refractivity contribution is 5.93. The first kappa shape index (κ1) is 27.3. The number of rotatable bonds is 11. The van der Waals surface area contributed by atoms with Crippen molar-refractivity contribution < 1.29 is 48.3 Å². The van der Waals surface area contributed by atoms with E-state index in [0.29, 0.717) is 32.1 Å². The summed E-state index contributed by atoms with van der Waals surface area (Å²) in [6, 6.07) is 5.55. The van der Waals surface area contributed by atoms with Gasteiger partial charge in [-0.05, 0) is 56.4 Å². The van der Waals surface area contributed by atoms with Crippen LogP contribution >= 0.6 is 0 Å². The van der Waals surface area contributed by atoms with Crippen LogP contribution < -0.4 is 0 Å². The van der Waals surface area contributed by atoms with E-state index in [9.17, 15) is 29.4 Å². The Kier molecular flexibility index (Phi) is 11.0. The maximum atomic E-state index is 12.2. The van der Waals surface area contributed by atoms with Crippen molar-refractivity contribution in [1.82, 2.24) is 0 Å². The average Bonchev–Trinajstić information content (AvgIpc) is 2.88. The number of ether oxygens (including phenoxy) is 4. The summed E-state index contributed by atoms with van der Waals surface area (Å²) in [5.74, 6) is -2.61. The molecular weight excluding hydrogens is 448 g/mol. The van der Waals surface area contributed by atoms with Gasteiger partial charge in [-0.2, -0.15) is 0 Å². The number of hydrogen-bond donors (Lipinski definition) is 2. The highest BCUT2D eigenvalue weighted by atomic mass is 16.6. The fourth-order valence-electron chi connectivity index (χ4n) is 3.45. The Balaban J connectivity index is 1.70. The minimum atomic E-state index is -1.20. The van der Waals surface area contributed by atoms with Crippen LogP contribution in [-0.2, 0) is 28.5 Å². The Hall–Kier alpha value is -2.98. The third-order valence-corrected chi connectivity index (χ3v) is 5.65. The molecule has 1 saturated carbocycles. The minimum absolute atomic E-state index is 0.115. The molecule has 1 aliphatic rings. The van der Waals surface area contributed by atoms with Gasteiger partial charge in [-0.1, -0.05) is 6.92 Å². The molecule has 0 radical (unpaired) electrons. The maximum Gasteiger partial charge on any atom is 0.338 e. The van der Waals surface area contributed by atoms with Crippen molar-refractivity contribution >= 4 is 23.9 Å². The van der Waals surface area contributed by atoms with Gasteiger partial charge in [0.25, 0.3) is 0 Å². The van der Waals surface area contributed by atoms with Crippen molar-refractivity contribution in [3.05, 3.63) is 35.4 Å². The number of aliphatic hydroxyl groups excluding tert-OH is 2. The zero-order valence-electron chi connectivity index (χ0n) is 19.4. The van der Waals surface area contributed by atoms with E-state index in [1.54, 1.807) is 6.92 Å². The molecular formula is C24H32O10. The maximum absolute atomic E-state index is 12.2. The van der Waals surface area contributed by atoms with Gasteiger partial charge in [-0.15, -0.1) is 0 Å². The Bertz CT molecular complexity index is 827. The van der Waals surface area contributed by atoms with E-state index in [0.717, 1.165) is 0 Å². The van der Waals surface area contributed by atoms with Crippen LogP contribution in [0.15, 0.2) is 24.3 Å². The van der Waals surface area contributed by atoms with Gasteiger partial charge in [0.15, 0.2) is 0 Å². The smallest absolute Gasteiger partial charge is 0.338 e. The molecule has 34 heavy (non-hydrogen) atoms. The number of methoxy groups -OCH3 is 1. The van der Waals surface area contributed by atoms with Gasteiger partial charge in [-0.25, -0.2) is 9.59 Å². The molecule has 10 nitrogen and oxygen atoms in total. The van der Waals surface area contributed by atoms with Crippen molar-refractivity contribution in [2.24, 2.45) is 11.8 Å². The number of esters is 4. The van der Waals surface area contributed by atoms with Crippen molar-refractivity contribution in [1.29, 1.82) is 0 Å². The van der Waals surface area contributed by atoms with Crippen LogP contribution in [0.4, 0.5) is 0 Å². The summed E-state index contributed by atoms with van der Waals surface area (Å²) < 4.78 is 19.9. The average molecular weight is 481 g/mol. The summed E-state index contributed by atoms with van der Waals surface area (Å²) in [5, 5.41) is 19.4. The van der Waals surface area contributed by atoms with Gasteiger partial charge in [-0.3, -0.25) is 9.59 Å². The van der Waals surface area contributed by atoms with Crippen molar-refractivity contribution in [2.45, 2.75) is 51.2 Å². The van der Waals surface area contributed by atoms with Crippen LogP contribution in [0.2, 0.25) is 0 Å². The van der Waals surface area contributed by atoms with E-state index < -0.39 is 30.1 Å². The predicted molar refractivity (Wildman–Crippen MR) is 118 cm³/mol. The molecule has 0 heterocycles. The quantitative estimate of drug-likeness (QED) is 0.354. The van der Waals surface area contributed by atoms with Gasteiger partial charge < -0.3 is 29.2 Å². The first-order chi connectivity index (χ1) is 16.2. The third-order valence-electron chi connectivity index (χ3n) is 5.65. The van der Waals surface area contributed by atoms with Gasteiger partial charge >= 0.3 is 23.9 Å². The third kappa shape index (κ3) is 8.42. The molecule has 0 aliphatic heterocycles. The van der Waals surface area contributed by atoms with Gasteiger partial charge in [0.1, 0.15) is 25.9 Å². The largest absolute Gasteiger partial charge is 0.469 e. The molecule has 2 rings (SSSR count). The van der Waals surface area contributed by atoms with E-state index in [1.807, 2.05) is 0 Å². The summed E-state index contributed by atoms with van der Waals surface area (Å²) in [4.78, 5) is 47.8. The second kappa shape index (κ2) is 13.7. The van der Waals surface area contributed by atoms with Gasteiger partial charge in [0.05, 0.1) is 36.2 Å². The number of hydrogen-bond acceptors (Lipinski definition) is 10. The van der Waals surface area contributed by atoms with Crippen LogP contribution in [0.1, 0.15) is 59.7 Å². The highest BCUT2D eigenvalue weighted by Gasteiger charge is 2.31. The standard InChI is InChI=1S/C24H32O10/c1-3-19(25)12-32-22(28)17-8-10-18(11-9-17)24(30)34-14-20(26)13-33-23(29)16-6-4-15(5-7-16)21(27)31-2/h8-11,15-16,19-20,25-26H,3-7,12-14H2,1-2H3. The molecule has 0 saturated heterocycles. The van der Waals surface area contributed by atoms with E-state index in [-0.39, 0.29) is 48.8 Å². The van der Waals surface area contributed by atoms with Crippen LogP contribution in [-0.4, -0.2) is 73.2 Å². The zero-order chi connectivity index (χ0) is 25.1. The molecule has 1 aromatic carbocycles. The Labute approximate surface area is 198 Å². The Morgan fingerprint density at radius 1 is 0.765 bits per heavy atom. The highest BCUT2D eigenvalue weighted by Crippen LogP contribution is 2.30. The lowest BCUT2D eigenvalue weighted by atomic mass is 9.82.